The summed E-state index contributed by atoms with van der Waals surface area (Å²) in [7, 11) is 2.06. The van der Waals surface area contributed by atoms with Crippen LogP contribution in [0, 0.1) is 6.92 Å². The van der Waals surface area contributed by atoms with Crippen molar-refractivity contribution in [2.24, 2.45) is 12.8 Å². The molecule has 1 heterocycles. The van der Waals surface area contributed by atoms with Gasteiger partial charge in [0.2, 0.25) is 0 Å². The fourth-order valence-corrected chi connectivity index (χ4v) is 2.56. The molecule has 0 fully saturated rings. The summed E-state index contributed by atoms with van der Waals surface area (Å²) in [5.74, 6) is 0.986. The second kappa shape index (κ2) is 4.52. The molecule has 19 heavy (non-hydrogen) atoms. The van der Waals surface area contributed by atoms with Crippen molar-refractivity contribution < 1.29 is 0 Å². The van der Waals surface area contributed by atoms with Crippen LogP contribution in [0.1, 0.15) is 11.1 Å². The second-order valence-corrected chi connectivity index (χ2v) is 4.84. The lowest BCUT2D eigenvalue weighted by Crippen LogP contribution is -1.98. The van der Waals surface area contributed by atoms with Gasteiger partial charge in [0.15, 0.2) is 0 Å². The van der Waals surface area contributed by atoms with Gasteiger partial charge in [0.25, 0.3) is 0 Å². The topological polar surface area (TPSA) is 43.8 Å². The van der Waals surface area contributed by atoms with Crippen LogP contribution >= 0.6 is 0 Å². The van der Waals surface area contributed by atoms with Crippen molar-refractivity contribution >= 4 is 11.0 Å². The molecule has 0 bridgehead atoms. The Hall–Kier alpha value is -2.13. The van der Waals surface area contributed by atoms with Crippen LogP contribution in [0.5, 0.6) is 0 Å². The van der Waals surface area contributed by atoms with Gasteiger partial charge >= 0.3 is 0 Å². The largest absolute Gasteiger partial charge is 0.327 e. The van der Waals surface area contributed by atoms with E-state index in [1.807, 2.05) is 18.2 Å². The third-order valence-electron chi connectivity index (χ3n) is 3.52. The van der Waals surface area contributed by atoms with E-state index in [-0.39, 0.29) is 0 Å². The van der Waals surface area contributed by atoms with E-state index < -0.39 is 0 Å². The summed E-state index contributed by atoms with van der Waals surface area (Å²) < 4.78 is 2.15. The van der Waals surface area contributed by atoms with Gasteiger partial charge in [0, 0.05) is 19.2 Å². The van der Waals surface area contributed by atoms with E-state index in [1.54, 1.807) is 0 Å². The third kappa shape index (κ3) is 1.92. The molecule has 3 nitrogen and oxygen atoms in total. The summed E-state index contributed by atoms with van der Waals surface area (Å²) in [6.45, 7) is 2.67. The highest BCUT2D eigenvalue weighted by Crippen LogP contribution is 2.26. The molecule has 2 aromatic carbocycles. The van der Waals surface area contributed by atoms with Crippen LogP contribution in [0.2, 0.25) is 0 Å². The standard InChI is InChI=1S/C16H17N3/c1-11-5-3-8-14-15(11)19(2)16(18-14)13-7-4-6-12(9-13)10-17/h3-9H,10,17H2,1-2H3. The predicted octanol–water partition coefficient (Wildman–Crippen LogP) is 3.01. The van der Waals surface area contributed by atoms with Gasteiger partial charge < -0.3 is 10.3 Å². The van der Waals surface area contributed by atoms with Gasteiger partial charge in [0.05, 0.1) is 11.0 Å². The first-order chi connectivity index (χ1) is 9.20. The minimum absolute atomic E-state index is 0.552. The molecule has 3 heteroatoms. The molecule has 0 aliphatic rings. The van der Waals surface area contributed by atoms with Crippen LogP contribution in [0.4, 0.5) is 0 Å². The minimum atomic E-state index is 0.552. The van der Waals surface area contributed by atoms with Crippen molar-refractivity contribution in [1.29, 1.82) is 0 Å². The third-order valence-corrected chi connectivity index (χ3v) is 3.52. The lowest BCUT2D eigenvalue weighted by atomic mass is 10.1. The van der Waals surface area contributed by atoms with E-state index in [0.717, 1.165) is 22.5 Å². The van der Waals surface area contributed by atoms with Crippen molar-refractivity contribution in [1.82, 2.24) is 9.55 Å². The normalized spacial score (nSPS) is 11.1. The van der Waals surface area contributed by atoms with Gasteiger partial charge in [-0.25, -0.2) is 4.98 Å². The highest BCUT2D eigenvalue weighted by Gasteiger charge is 2.11. The van der Waals surface area contributed by atoms with E-state index in [1.165, 1.54) is 11.1 Å². The summed E-state index contributed by atoms with van der Waals surface area (Å²) in [6, 6.07) is 14.5. The first kappa shape index (κ1) is 11.9. The zero-order valence-electron chi connectivity index (χ0n) is 11.2. The van der Waals surface area contributed by atoms with E-state index in [9.17, 15) is 0 Å². The van der Waals surface area contributed by atoms with Crippen molar-refractivity contribution in [3.05, 3.63) is 53.6 Å². The van der Waals surface area contributed by atoms with Crippen LogP contribution in [0.3, 0.4) is 0 Å². The van der Waals surface area contributed by atoms with Crippen molar-refractivity contribution in [2.45, 2.75) is 13.5 Å². The molecule has 1 aromatic heterocycles. The maximum Gasteiger partial charge on any atom is 0.140 e. The van der Waals surface area contributed by atoms with E-state index in [0.29, 0.717) is 6.54 Å². The molecule has 0 radical (unpaired) electrons. The first-order valence-corrected chi connectivity index (χ1v) is 6.42. The van der Waals surface area contributed by atoms with Crippen molar-refractivity contribution in [2.75, 3.05) is 0 Å². The van der Waals surface area contributed by atoms with Gasteiger partial charge in [-0.3, -0.25) is 0 Å². The van der Waals surface area contributed by atoms with Crippen LogP contribution < -0.4 is 5.73 Å². The van der Waals surface area contributed by atoms with E-state index >= 15 is 0 Å². The zero-order chi connectivity index (χ0) is 13.4. The number of hydrogen-bond donors (Lipinski definition) is 1. The highest BCUT2D eigenvalue weighted by molar-refractivity contribution is 5.83. The molecule has 0 saturated carbocycles. The molecule has 3 aromatic rings. The van der Waals surface area contributed by atoms with E-state index in [2.05, 4.69) is 42.8 Å². The number of fused-ring (bicyclic) bond motifs is 1. The smallest absolute Gasteiger partial charge is 0.140 e. The van der Waals surface area contributed by atoms with Gasteiger partial charge in [-0.05, 0) is 30.2 Å². The van der Waals surface area contributed by atoms with Gasteiger partial charge in [-0.1, -0.05) is 30.3 Å². The molecule has 0 atom stereocenters. The molecule has 0 aliphatic heterocycles. The van der Waals surface area contributed by atoms with Crippen molar-refractivity contribution in [3.63, 3.8) is 0 Å². The molecule has 2 N–H and O–H groups in total. The van der Waals surface area contributed by atoms with Gasteiger partial charge in [-0.2, -0.15) is 0 Å². The Morgan fingerprint density at radius 2 is 1.95 bits per heavy atom. The Balaban J connectivity index is 2.25. The lowest BCUT2D eigenvalue weighted by Gasteiger charge is -2.05. The van der Waals surface area contributed by atoms with E-state index in [4.69, 9.17) is 10.7 Å². The van der Waals surface area contributed by atoms with Crippen LogP contribution in [0.25, 0.3) is 22.4 Å². The summed E-state index contributed by atoms with van der Waals surface area (Å²) in [4.78, 5) is 4.74. The average Bonchev–Trinajstić information content (AvgIpc) is 2.77. The predicted molar refractivity (Wildman–Crippen MR) is 78.8 cm³/mol. The van der Waals surface area contributed by atoms with Crippen LogP contribution in [-0.4, -0.2) is 9.55 Å². The molecule has 96 valence electrons. The number of benzene rings is 2. The summed E-state index contributed by atoms with van der Waals surface area (Å²) in [5.41, 5.74) is 11.4. The number of rotatable bonds is 2. The molecule has 3 rings (SSSR count). The Morgan fingerprint density at radius 3 is 2.68 bits per heavy atom. The van der Waals surface area contributed by atoms with Crippen LogP contribution in [0.15, 0.2) is 42.5 Å². The number of imidazole rings is 1. The maximum absolute atomic E-state index is 5.71. The Morgan fingerprint density at radius 1 is 1.16 bits per heavy atom. The molecule has 0 amide bonds. The number of aromatic nitrogens is 2. The Kier molecular flexibility index (Phi) is 2.84. The first-order valence-electron chi connectivity index (χ1n) is 6.42. The van der Waals surface area contributed by atoms with Gasteiger partial charge in [-0.15, -0.1) is 0 Å². The Labute approximate surface area is 112 Å². The highest BCUT2D eigenvalue weighted by atomic mass is 15.1. The number of para-hydroxylation sites is 1. The number of nitrogens with two attached hydrogens (primary N) is 1. The number of aryl methyl sites for hydroxylation is 2. The monoisotopic (exact) mass is 251 g/mol. The number of nitrogens with zero attached hydrogens (tertiary/aromatic N) is 2. The summed E-state index contributed by atoms with van der Waals surface area (Å²) in [5, 5.41) is 0. The summed E-state index contributed by atoms with van der Waals surface area (Å²) in [6.07, 6.45) is 0. The molecule has 0 spiro atoms. The fraction of sp³-hybridized carbons (Fsp3) is 0.188. The minimum Gasteiger partial charge on any atom is -0.327 e. The molecular formula is C16H17N3. The Bertz CT molecular complexity index is 741. The fourth-order valence-electron chi connectivity index (χ4n) is 2.56. The van der Waals surface area contributed by atoms with Crippen molar-refractivity contribution in [3.8, 4) is 11.4 Å². The second-order valence-electron chi connectivity index (χ2n) is 4.84. The average molecular weight is 251 g/mol. The molecule has 0 saturated heterocycles. The summed E-state index contributed by atoms with van der Waals surface area (Å²) >= 11 is 0. The SMILES string of the molecule is Cc1cccc2nc(-c3cccc(CN)c3)n(C)c12. The zero-order valence-corrected chi connectivity index (χ0v) is 11.2. The van der Waals surface area contributed by atoms with Crippen LogP contribution in [-0.2, 0) is 13.6 Å². The van der Waals surface area contributed by atoms with Gasteiger partial charge in [0.1, 0.15) is 5.82 Å². The molecule has 0 aliphatic carbocycles. The molecule has 0 unspecified atom stereocenters. The maximum atomic E-state index is 5.71. The number of hydrogen-bond acceptors (Lipinski definition) is 2. The lowest BCUT2D eigenvalue weighted by molar-refractivity contribution is 0.953. The molecular weight excluding hydrogens is 234 g/mol. The quantitative estimate of drug-likeness (QED) is 0.761.